The third-order valence-electron chi connectivity index (χ3n) is 15.5. The molecule has 95 heavy (non-hydrogen) atoms. The predicted molar refractivity (Wildman–Crippen MR) is 348 cm³/mol. The summed E-state index contributed by atoms with van der Waals surface area (Å²) in [5, 5.41) is 24.7. The molecule has 4 aromatic carbocycles. The number of benzene rings is 4. The number of alkyl carbamates (subject to hydrolysis) is 1. The Balaban J connectivity index is 0.869. The number of phenols is 1. The number of hydrogen-bond acceptors (Lipinski definition) is 17. The van der Waals surface area contributed by atoms with Gasteiger partial charge < -0.3 is 81.8 Å². The van der Waals surface area contributed by atoms with Gasteiger partial charge in [-0.05, 0) is 103 Å². The fourth-order valence-corrected chi connectivity index (χ4v) is 10.8. The molecule has 0 saturated carbocycles. The van der Waals surface area contributed by atoms with Gasteiger partial charge in [0.25, 0.3) is 23.6 Å². The lowest BCUT2D eigenvalue weighted by Gasteiger charge is -2.26. The summed E-state index contributed by atoms with van der Waals surface area (Å²) in [6, 6.07) is 19.3. The van der Waals surface area contributed by atoms with Crippen LogP contribution in [0.25, 0.3) is 21.7 Å². The number of likely N-dealkylation sites (N-methyl/N-ethyl adjacent to an activating group) is 1. The number of H-pyrrole nitrogens is 1. The largest absolute Gasteiger partial charge is 0.508 e. The second-order valence-electron chi connectivity index (χ2n) is 22.8. The molecule has 12 amide bonds. The number of carbonyl (C=O) groups is 11. The van der Waals surface area contributed by atoms with Gasteiger partial charge in [-0.2, -0.15) is 0 Å². The molecule has 11 N–H and O–H groups in total. The number of urea groups is 1. The number of nitrogens with one attached hydrogen (secondary N) is 6. The Labute approximate surface area is 550 Å². The van der Waals surface area contributed by atoms with Gasteiger partial charge in [0.1, 0.15) is 48.3 Å². The van der Waals surface area contributed by atoms with Crippen LogP contribution in [-0.2, 0) is 44.8 Å². The molecule has 8 rings (SSSR count). The van der Waals surface area contributed by atoms with Crippen LogP contribution in [0, 0.1) is 12.8 Å². The summed E-state index contributed by atoms with van der Waals surface area (Å²) in [6.07, 6.45) is 1.65. The molecule has 0 radical (unpaired) electrons. The van der Waals surface area contributed by atoms with Crippen LogP contribution in [0.2, 0.25) is 0 Å². The number of amides is 12. The maximum absolute atomic E-state index is 14.6. The highest BCUT2D eigenvalue weighted by atomic mass is 35.5. The molecule has 0 bridgehead atoms. The maximum Gasteiger partial charge on any atom is 0.415 e. The van der Waals surface area contributed by atoms with E-state index in [1.165, 1.54) is 47.3 Å². The van der Waals surface area contributed by atoms with E-state index in [1.807, 2.05) is 19.1 Å². The monoisotopic (exact) mass is 1330 g/mol. The zero-order valence-corrected chi connectivity index (χ0v) is 53.3. The van der Waals surface area contributed by atoms with Crippen molar-refractivity contribution in [3.05, 3.63) is 131 Å². The molecule has 29 nitrogen and oxygen atoms in total. The van der Waals surface area contributed by atoms with E-state index in [-0.39, 0.29) is 126 Å². The number of fused-ring (bicyclic) bond motifs is 4. The predicted octanol–water partition coefficient (Wildman–Crippen LogP) is 5.86. The van der Waals surface area contributed by atoms with E-state index in [1.54, 1.807) is 67.3 Å². The summed E-state index contributed by atoms with van der Waals surface area (Å²) in [4.78, 5) is 155. The summed E-state index contributed by atoms with van der Waals surface area (Å²) in [7, 11) is 1.47. The summed E-state index contributed by atoms with van der Waals surface area (Å²) < 4.78 is 22.4. The van der Waals surface area contributed by atoms with Gasteiger partial charge in [0, 0.05) is 98.2 Å². The van der Waals surface area contributed by atoms with Gasteiger partial charge in [0.2, 0.25) is 17.7 Å². The first-order chi connectivity index (χ1) is 45.5. The number of halogens is 1. The number of ether oxygens (including phenoxy) is 4. The molecule has 0 unspecified atom stereocenters. The number of carbonyl (C=O) groups excluding carboxylic acids is 11. The number of aromatic amines is 1. The van der Waals surface area contributed by atoms with Gasteiger partial charge in [-0.1, -0.05) is 44.2 Å². The standard InChI is InChI=1S/C65H74ClN13O16/c1-37(2)57(75-63(89)93-29-28-92-27-26-78-53(82)20-21-54(78)83)60(86)73-46(10-6-22-69-62(68)88)59(85)71-43-16-12-39(13-17-43)36-94-64(90)76(4)24-25-77(23-7-11-51(67)81)65(91)95-50-32-49-56(55-38(3)8-5-9-45(50)55)42(33-66)35-79(49)61(87)47-30-41-31-52(70-34-48(41)72-47)74-58(84)40-14-18-44(80)19-15-40/h5,8-9,12-21,30-32,34,37,42,46,57,72,80H,6-7,10-11,22-29,33,35-36H2,1-4H3,(H2,67,81)(H,71,85)(H,73,86)(H,75,89)(H3,68,69,88)(H,70,74,84)/t42-,46+,57+/m1/s1. The number of pyridine rings is 1. The topological polar surface area (TPSA) is 399 Å². The van der Waals surface area contributed by atoms with Crippen molar-refractivity contribution in [3.63, 3.8) is 0 Å². The normalized spacial score (nSPS) is 13.9. The van der Waals surface area contributed by atoms with E-state index in [0.717, 1.165) is 33.6 Å². The van der Waals surface area contributed by atoms with Gasteiger partial charge in [0.15, 0.2) is 0 Å². The quantitative estimate of drug-likeness (QED) is 0.0145. The molecule has 2 aliphatic rings. The van der Waals surface area contributed by atoms with Crippen molar-refractivity contribution < 1.29 is 76.8 Å². The molecule has 502 valence electrons. The van der Waals surface area contributed by atoms with E-state index >= 15 is 0 Å². The number of nitrogens with two attached hydrogens (primary N) is 2. The third kappa shape index (κ3) is 18.7. The van der Waals surface area contributed by atoms with Crippen LogP contribution >= 0.6 is 11.6 Å². The highest BCUT2D eigenvalue weighted by Gasteiger charge is 2.37. The number of aromatic nitrogens is 2. The average Bonchev–Trinajstić information content (AvgIpc) is 1.63. The maximum atomic E-state index is 14.6. The van der Waals surface area contributed by atoms with Gasteiger partial charge in [-0.25, -0.2) is 24.2 Å². The van der Waals surface area contributed by atoms with E-state index in [9.17, 15) is 57.8 Å². The van der Waals surface area contributed by atoms with Crippen LogP contribution < -0.4 is 47.7 Å². The second kappa shape index (κ2) is 32.7. The third-order valence-corrected chi connectivity index (χ3v) is 15.9. The minimum absolute atomic E-state index is 0.00598. The van der Waals surface area contributed by atoms with Gasteiger partial charge in [0.05, 0.1) is 37.2 Å². The summed E-state index contributed by atoms with van der Waals surface area (Å²) in [6.45, 7) is 4.93. The fourth-order valence-electron chi connectivity index (χ4n) is 10.5. The number of aryl methyl sites for hydroxylation is 1. The molecule has 4 heterocycles. The Bertz CT molecular complexity index is 3880. The van der Waals surface area contributed by atoms with Crippen molar-refractivity contribution in [1.29, 1.82) is 0 Å². The summed E-state index contributed by atoms with van der Waals surface area (Å²) >= 11 is 6.64. The highest BCUT2D eigenvalue weighted by molar-refractivity contribution is 6.20. The van der Waals surface area contributed by atoms with Crippen LogP contribution in [0.1, 0.15) is 83.0 Å². The average molecular weight is 1330 g/mol. The Kier molecular flexibility index (Phi) is 24.1. The van der Waals surface area contributed by atoms with E-state index in [0.29, 0.717) is 38.8 Å². The number of alkyl halides is 1. The molecule has 2 aliphatic heterocycles. The fraction of sp³-hybridized carbons (Fsp3) is 0.354. The number of nitrogens with zero attached hydrogens (tertiary/aromatic N) is 5. The van der Waals surface area contributed by atoms with E-state index in [4.69, 9.17) is 42.0 Å². The first-order valence-corrected chi connectivity index (χ1v) is 31.0. The molecule has 30 heteroatoms. The first kappa shape index (κ1) is 70.1. The molecule has 0 saturated heterocycles. The van der Waals surface area contributed by atoms with E-state index in [2.05, 4.69) is 36.6 Å². The zero-order chi connectivity index (χ0) is 68.5. The second-order valence-corrected chi connectivity index (χ2v) is 23.1. The number of anilines is 3. The van der Waals surface area contributed by atoms with Crippen molar-refractivity contribution in [2.24, 2.45) is 17.4 Å². The minimum Gasteiger partial charge on any atom is -0.508 e. The Morgan fingerprint density at radius 2 is 1.57 bits per heavy atom. The summed E-state index contributed by atoms with van der Waals surface area (Å²) in [5.41, 5.74) is 14.6. The Morgan fingerprint density at radius 1 is 0.832 bits per heavy atom. The van der Waals surface area contributed by atoms with Gasteiger partial charge in [-0.3, -0.25) is 38.5 Å². The lowest BCUT2D eigenvalue weighted by atomic mass is 9.92. The zero-order valence-electron chi connectivity index (χ0n) is 52.6. The number of primary amides is 2. The van der Waals surface area contributed by atoms with Gasteiger partial charge >= 0.3 is 24.3 Å². The highest BCUT2D eigenvalue weighted by Crippen LogP contribution is 2.47. The lowest BCUT2D eigenvalue weighted by molar-refractivity contribution is -0.137. The number of phenolic OH excluding ortho intramolecular Hbond substituents is 1. The molecular formula is C65H74ClN13O16. The Morgan fingerprint density at radius 3 is 2.26 bits per heavy atom. The first-order valence-electron chi connectivity index (χ1n) is 30.4. The molecular weight excluding hydrogens is 1250 g/mol. The molecule has 0 fully saturated rings. The van der Waals surface area contributed by atoms with Crippen molar-refractivity contribution in [2.45, 2.75) is 71.1 Å². The van der Waals surface area contributed by atoms with Crippen LogP contribution in [0.15, 0.2) is 103 Å². The SMILES string of the molecule is Cc1cccc2c(OC(=O)N(CCCC(N)=O)CCN(C)C(=O)OCc3ccc(NC(=O)[C@H](CCCNC(N)=O)NC(=O)[C@@H](NC(=O)OCCOCCN4C(=O)C=CC4=O)C(C)C)cc3)cc3c(c12)[C@H](CCl)CN3C(=O)c1cc2cc(NC(=O)c3ccc(O)cc3)ncc2[nH]1. The van der Waals surface area contributed by atoms with Crippen LogP contribution in [0.5, 0.6) is 11.5 Å². The number of imide groups is 1. The van der Waals surface area contributed by atoms with Gasteiger partial charge in [-0.15, -0.1) is 11.6 Å². The van der Waals surface area contributed by atoms with Crippen molar-refractivity contribution in [3.8, 4) is 11.5 Å². The molecule has 3 atom stereocenters. The molecule has 0 aliphatic carbocycles. The molecule has 6 aromatic rings. The molecule has 2 aromatic heterocycles. The number of hydrogen-bond donors (Lipinski definition) is 9. The summed E-state index contributed by atoms with van der Waals surface area (Å²) in [5.74, 6) is -3.98. The van der Waals surface area contributed by atoms with Crippen LogP contribution in [0.3, 0.4) is 0 Å². The lowest BCUT2D eigenvalue weighted by Crippen LogP contribution is -2.54. The minimum atomic E-state index is -1.17. The van der Waals surface area contributed by atoms with Crippen LogP contribution in [-0.4, -0.2) is 180 Å². The smallest absolute Gasteiger partial charge is 0.415 e. The Hall–Kier alpha value is -10.8. The van der Waals surface area contributed by atoms with E-state index < -0.39 is 83.7 Å². The van der Waals surface area contributed by atoms with Crippen molar-refractivity contribution in [1.82, 2.24) is 40.6 Å². The van der Waals surface area contributed by atoms with Crippen molar-refractivity contribution in [2.75, 3.05) is 87.6 Å². The number of aromatic hydroxyl groups is 1. The molecule has 0 spiro atoms. The van der Waals surface area contributed by atoms with Crippen molar-refractivity contribution >= 4 is 116 Å². The van der Waals surface area contributed by atoms with Crippen LogP contribution in [0.4, 0.5) is 36.4 Å². The number of rotatable bonds is 30.